The van der Waals surface area contributed by atoms with Gasteiger partial charge in [0.25, 0.3) is 5.91 Å². The van der Waals surface area contributed by atoms with Crippen molar-refractivity contribution in [3.05, 3.63) is 59.4 Å². The largest absolute Gasteiger partial charge is 0.482 e. The highest BCUT2D eigenvalue weighted by Gasteiger charge is 2.30. The molecule has 0 spiro atoms. The molecule has 6 nitrogen and oxygen atoms in total. The zero-order chi connectivity index (χ0) is 17.8. The number of para-hydroxylation sites is 1. The number of aliphatic carboxylic acids is 1. The third-order valence-electron chi connectivity index (χ3n) is 3.73. The van der Waals surface area contributed by atoms with Gasteiger partial charge < -0.3 is 19.9 Å². The van der Waals surface area contributed by atoms with Crippen LogP contribution in [0.15, 0.2) is 42.5 Å². The van der Waals surface area contributed by atoms with Crippen molar-refractivity contribution in [2.24, 2.45) is 0 Å². The Kier molecular flexibility index (Phi) is 4.83. The topological polar surface area (TPSA) is 84.9 Å². The Bertz CT molecular complexity index is 808. The van der Waals surface area contributed by atoms with Crippen LogP contribution in [-0.4, -0.2) is 29.7 Å². The molecule has 0 saturated heterocycles. The van der Waals surface area contributed by atoms with Crippen LogP contribution in [0.2, 0.25) is 0 Å². The number of carboxylic acid groups (broad SMARTS) is 1. The van der Waals surface area contributed by atoms with Gasteiger partial charge in [-0.15, -0.1) is 0 Å². The molecule has 25 heavy (non-hydrogen) atoms. The molecule has 0 aliphatic carbocycles. The Morgan fingerprint density at radius 3 is 2.84 bits per heavy atom. The fourth-order valence-electron chi connectivity index (χ4n) is 2.57. The van der Waals surface area contributed by atoms with E-state index >= 15 is 0 Å². The summed E-state index contributed by atoms with van der Waals surface area (Å²) in [6.07, 6.45) is -0.445. The molecule has 0 unspecified atom stereocenters. The van der Waals surface area contributed by atoms with Crippen LogP contribution in [0.3, 0.4) is 0 Å². The third kappa shape index (κ3) is 4.06. The van der Waals surface area contributed by atoms with Gasteiger partial charge in [0.2, 0.25) is 0 Å². The fraction of sp³-hybridized carbons (Fsp3) is 0.222. The molecule has 1 amide bonds. The van der Waals surface area contributed by atoms with Crippen molar-refractivity contribution < 1.29 is 28.6 Å². The molecule has 3 rings (SSSR count). The van der Waals surface area contributed by atoms with Crippen molar-refractivity contribution in [3.63, 3.8) is 0 Å². The molecule has 0 radical (unpaired) electrons. The van der Waals surface area contributed by atoms with E-state index < -0.39 is 24.5 Å². The van der Waals surface area contributed by atoms with Gasteiger partial charge in [-0.05, 0) is 23.8 Å². The van der Waals surface area contributed by atoms with Gasteiger partial charge in [-0.25, -0.2) is 9.18 Å². The van der Waals surface area contributed by atoms with E-state index in [1.807, 2.05) is 0 Å². The lowest BCUT2D eigenvalue weighted by molar-refractivity contribution is -0.139. The zero-order valence-corrected chi connectivity index (χ0v) is 13.2. The number of hydrogen-bond acceptors (Lipinski definition) is 4. The molecule has 1 atom stereocenters. The molecular weight excluding hydrogens is 329 g/mol. The molecule has 2 N–H and O–H groups in total. The summed E-state index contributed by atoms with van der Waals surface area (Å²) >= 11 is 0. The van der Waals surface area contributed by atoms with Crippen molar-refractivity contribution in [2.45, 2.75) is 19.1 Å². The first-order chi connectivity index (χ1) is 12.0. The second kappa shape index (κ2) is 7.21. The first-order valence-electron chi connectivity index (χ1n) is 7.68. The number of ether oxygens (including phenoxy) is 2. The van der Waals surface area contributed by atoms with Gasteiger partial charge in [-0.3, -0.25) is 4.79 Å². The Hall–Kier alpha value is -3.09. The zero-order valence-electron chi connectivity index (χ0n) is 13.2. The van der Waals surface area contributed by atoms with Crippen LogP contribution in [0.1, 0.15) is 11.1 Å². The van der Waals surface area contributed by atoms with Crippen molar-refractivity contribution >= 4 is 11.9 Å². The molecule has 1 aliphatic rings. The number of amides is 1. The van der Waals surface area contributed by atoms with Gasteiger partial charge >= 0.3 is 5.97 Å². The lowest BCUT2D eigenvalue weighted by atomic mass is 10.1. The average molecular weight is 345 g/mol. The van der Waals surface area contributed by atoms with Crippen LogP contribution in [0.5, 0.6) is 11.5 Å². The maximum absolute atomic E-state index is 13.6. The van der Waals surface area contributed by atoms with Crippen LogP contribution in [0, 0.1) is 5.82 Å². The van der Waals surface area contributed by atoms with Gasteiger partial charge in [0.05, 0.1) is 0 Å². The normalized spacial score (nSPS) is 15.2. The van der Waals surface area contributed by atoms with Crippen molar-refractivity contribution in [1.82, 2.24) is 5.32 Å². The second-order valence-electron chi connectivity index (χ2n) is 5.59. The SMILES string of the molecule is O=C(O)COc1cccc(CNC(=O)[C@H]2Cc3cccc(F)c3O2)c1. The smallest absolute Gasteiger partial charge is 0.341 e. The van der Waals surface area contributed by atoms with Crippen molar-refractivity contribution in [3.8, 4) is 11.5 Å². The molecule has 2 aromatic rings. The number of nitrogens with one attached hydrogen (secondary N) is 1. The van der Waals surface area contributed by atoms with Gasteiger partial charge in [-0.1, -0.05) is 24.3 Å². The van der Waals surface area contributed by atoms with Crippen molar-refractivity contribution in [2.75, 3.05) is 6.61 Å². The molecule has 130 valence electrons. The van der Waals surface area contributed by atoms with Crippen LogP contribution < -0.4 is 14.8 Å². The highest BCUT2D eigenvalue weighted by atomic mass is 19.1. The predicted molar refractivity (Wildman–Crippen MR) is 85.9 cm³/mol. The first-order valence-corrected chi connectivity index (χ1v) is 7.68. The number of carbonyl (C=O) groups is 2. The Morgan fingerprint density at radius 1 is 1.28 bits per heavy atom. The average Bonchev–Trinajstić information content (AvgIpc) is 3.04. The molecule has 2 aromatic carbocycles. The summed E-state index contributed by atoms with van der Waals surface area (Å²) in [4.78, 5) is 22.7. The minimum Gasteiger partial charge on any atom is -0.482 e. The summed E-state index contributed by atoms with van der Waals surface area (Å²) in [5, 5.41) is 11.3. The number of halogens is 1. The number of hydrogen-bond donors (Lipinski definition) is 2. The summed E-state index contributed by atoms with van der Waals surface area (Å²) in [6.45, 7) is -0.211. The van der Waals surface area contributed by atoms with Gasteiger partial charge in [0, 0.05) is 18.5 Å². The highest BCUT2D eigenvalue weighted by molar-refractivity contribution is 5.82. The molecular formula is C18H16FNO5. The Balaban J connectivity index is 1.56. The summed E-state index contributed by atoms with van der Waals surface area (Å²) in [7, 11) is 0. The van der Waals surface area contributed by atoms with Gasteiger partial charge in [-0.2, -0.15) is 0 Å². The van der Waals surface area contributed by atoms with E-state index in [0.29, 0.717) is 17.7 Å². The third-order valence-corrected chi connectivity index (χ3v) is 3.73. The number of carbonyl (C=O) groups excluding carboxylic acids is 1. The van der Waals surface area contributed by atoms with Gasteiger partial charge in [0.15, 0.2) is 24.3 Å². The van der Waals surface area contributed by atoms with E-state index in [1.165, 1.54) is 6.07 Å². The summed E-state index contributed by atoms with van der Waals surface area (Å²) in [6, 6.07) is 11.4. The molecule has 0 saturated carbocycles. The first kappa shape index (κ1) is 16.8. The Labute approximate surface area is 143 Å². The second-order valence-corrected chi connectivity index (χ2v) is 5.59. The minimum atomic E-state index is -1.07. The summed E-state index contributed by atoms with van der Waals surface area (Å²) in [5.41, 5.74) is 1.42. The Morgan fingerprint density at radius 2 is 2.08 bits per heavy atom. The van der Waals surface area contributed by atoms with Gasteiger partial charge in [0.1, 0.15) is 5.75 Å². The molecule has 7 heteroatoms. The number of rotatable bonds is 6. The maximum Gasteiger partial charge on any atom is 0.341 e. The van der Waals surface area contributed by atoms with Crippen LogP contribution in [0.4, 0.5) is 4.39 Å². The standard InChI is InChI=1S/C18H16FNO5/c19-14-6-2-4-12-8-15(25-17(12)14)18(23)20-9-11-3-1-5-13(7-11)24-10-16(21)22/h1-7,15H,8-10H2,(H,20,23)(H,21,22)/t15-/m1/s1. The molecule has 0 aromatic heterocycles. The number of fused-ring (bicyclic) bond motifs is 1. The summed E-state index contributed by atoms with van der Waals surface area (Å²) < 4.78 is 24.1. The monoisotopic (exact) mass is 345 g/mol. The predicted octanol–water partition coefficient (Wildman–Crippen LogP) is 1.91. The van der Waals surface area contributed by atoms with E-state index in [9.17, 15) is 14.0 Å². The van der Waals surface area contributed by atoms with Crippen molar-refractivity contribution in [1.29, 1.82) is 0 Å². The van der Waals surface area contributed by atoms with E-state index in [1.54, 1.807) is 36.4 Å². The molecule has 1 heterocycles. The van der Waals surface area contributed by atoms with Crippen LogP contribution in [-0.2, 0) is 22.6 Å². The van der Waals surface area contributed by atoms with Crippen LogP contribution >= 0.6 is 0 Å². The lowest BCUT2D eigenvalue weighted by Gasteiger charge is -2.12. The maximum atomic E-state index is 13.6. The summed E-state index contributed by atoms with van der Waals surface area (Å²) in [5.74, 6) is -1.35. The van der Waals surface area contributed by atoms with E-state index in [2.05, 4.69) is 5.32 Å². The van der Waals surface area contributed by atoms with E-state index in [-0.39, 0.29) is 18.2 Å². The number of benzene rings is 2. The quantitative estimate of drug-likeness (QED) is 0.835. The van der Waals surface area contributed by atoms with E-state index in [0.717, 1.165) is 5.56 Å². The fourth-order valence-corrected chi connectivity index (χ4v) is 2.57. The molecule has 0 fully saturated rings. The van der Waals surface area contributed by atoms with E-state index in [4.69, 9.17) is 14.6 Å². The lowest BCUT2D eigenvalue weighted by Crippen LogP contribution is -2.37. The van der Waals surface area contributed by atoms with Crippen LogP contribution in [0.25, 0.3) is 0 Å². The number of carboxylic acids is 1. The highest BCUT2D eigenvalue weighted by Crippen LogP contribution is 2.31. The molecule has 0 bridgehead atoms. The molecule has 1 aliphatic heterocycles. The minimum absolute atomic E-state index is 0.131.